The molecule has 0 saturated heterocycles. The monoisotopic (exact) mass is 170 g/mol. The Labute approximate surface area is 73.9 Å². The van der Waals surface area contributed by atoms with Gasteiger partial charge in [-0.05, 0) is 39.0 Å². The van der Waals surface area contributed by atoms with Gasteiger partial charge < -0.3 is 10.2 Å². The summed E-state index contributed by atoms with van der Waals surface area (Å²) >= 11 is 0. The molecule has 1 aliphatic rings. The first-order valence-corrected chi connectivity index (χ1v) is 4.49. The van der Waals surface area contributed by atoms with Crippen molar-refractivity contribution in [2.75, 3.05) is 0 Å². The van der Waals surface area contributed by atoms with Crippen molar-refractivity contribution in [3.05, 3.63) is 12.2 Å². The van der Waals surface area contributed by atoms with Crippen molar-refractivity contribution in [3.63, 3.8) is 0 Å². The van der Waals surface area contributed by atoms with Gasteiger partial charge in [0.15, 0.2) is 0 Å². The number of rotatable bonds is 1. The largest absolute Gasteiger partial charge is 0.390 e. The van der Waals surface area contributed by atoms with Crippen LogP contribution in [0.15, 0.2) is 12.2 Å². The highest BCUT2D eigenvalue weighted by Gasteiger charge is 2.37. The van der Waals surface area contributed by atoms with Crippen LogP contribution < -0.4 is 0 Å². The highest BCUT2D eigenvalue weighted by molar-refractivity contribution is 5.02. The zero-order valence-corrected chi connectivity index (χ0v) is 7.88. The first-order chi connectivity index (χ1) is 5.43. The Balaban J connectivity index is 2.58. The molecule has 0 bridgehead atoms. The Bertz CT molecular complexity index is 184. The van der Waals surface area contributed by atoms with Gasteiger partial charge >= 0.3 is 0 Å². The summed E-state index contributed by atoms with van der Waals surface area (Å²) in [5.41, 5.74) is 0.232. The molecule has 0 spiro atoms. The van der Waals surface area contributed by atoms with Crippen molar-refractivity contribution in [2.24, 2.45) is 5.92 Å². The van der Waals surface area contributed by atoms with E-state index in [0.29, 0.717) is 18.8 Å². The predicted octanol–water partition coefficient (Wildman–Crippen LogP) is 1.47. The molecule has 0 heterocycles. The van der Waals surface area contributed by atoms with Gasteiger partial charge in [-0.1, -0.05) is 12.2 Å². The first kappa shape index (κ1) is 9.75. The molecule has 0 amide bonds. The lowest BCUT2D eigenvalue weighted by Crippen LogP contribution is -2.44. The van der Waals surface area contributed by atoms with Crippen molar-refractivity contribution < 1.29 is 10.2 Å². The Kier molecular flexibility index (Phi) is 2.59. The van der Waals surface area contributed by atoms with E-state index in [2.05, 4.69) is 6.58 Å². The van der Waals surface area contributed by atoms with Gasteiger partial charge in [-0.2, -0.15) is 0 Å². The number of allylic oxidation sites excluding steroid dienone is 1. The summed E-state index contributed by atoms with van der Waals surface area (Å²) < 4.78 is 0. The number of hydrogen-bond acceptors (Lipinski definition) is 2. The van der Waals surface area contributed by atoms with Crippen molar-refractivity contribution >= 4 is 0 Å². The Morgan fingerprint density at radius 1 is 1.58 bits per heavy atom. The van der Waals surface area contributed by atoms with Crippen LogP contribution in [0.25, 0.3) is 0 Å². The maximum atomic E-state index is 9.66. The molecule has 1 aliphatic carbocycles. The number of hydrogen-bond donors (Lipinski definition) is 2. The molecule has 0 radical (unpaired) electrons. The molecule has 0 unspecified atom stereocenters. The minimum absolute atomic E-state index is 0.389. The summed E-state index contributed by atoms with van der Waals surface area (Å²) in [6.07, 6.45) is 1.68. The van der Waals surface area contributed by atoms with Crippen molar-refractivity contribution in [1.82, 2.24) is 0 Å². The van der Waals surface area contributed by atoms with Crippen molar-refractivity contribution in [2.45, 2.75) is 44.8 Å². The lowest BCUT2D eigenvalue weighted by molar-refractivity contribution is -0.0952. The third kappa shape index (κ3) is 1.87. The summed E-state index contributed by atoms with van der Waals surface area (Å²) in [5, 5.41) is 19.2. The molecule has 0 aliphatic heterocycles. The normalized spacial score (nSPS) is 42.7. The molecule has 0 aromatic heterocycles. The fourth-order valence-electron chi connectivity index (χ4n) is 1.72. The third-order valence-corrected chi connectivity index (χ3v) is 2.92. The van der Waals surface area contributed by atoms with Crippen LogP contribution in [0.2, 0.25) is 0 Å². The molecule has 2 heteroatoms. The SMILES string of the molecule is C=C(C)[C@H]1CC[C@@](C)(O)[C@@H](O)C1. The van der Waals surface area contributed by atoms with Crippen LogP contribution >= 0.6 is 0 Å². The molecule has 0 aromatic rings. The highest BCUT2D eigenvalue weighted by Crippen LogP contribution is 2.34. The third-order valence-electron chi connectivity index (χ3n) is 2.92. The summed E-state index contributed by atoms with van der Waals surface area (Å²) in [6, 6.07) is 0. The zero-order valence-electron chi connectivity index (χ0n) is 7.88. The molecule has 3 atom stereocenters. The van der Waals surface area contributed by atoms with Crippen molar-refractivity contribution in [3.8, 4) is 0 Å². The minimum atomic E-state index is -0.883. The van der Waals surface area contributed by atoms with Gasteiger partial charge in [0.05, 0.1) is 11.7 Å². The van der Waals surface area contributed by atoms with Crippen LogP contribution in [0.1, 0.15) is 33.1 Å². The molecular weight excluding hydrogens is 152 g/mol. The van der Waals surface area contributed by atoms with Crippen molar-refractivity contribution in [1.29, 1.82) is 0 Å². The molecule has 70 valence electrons. The summed E-state index contributed by atoms with van der Waals surface area (Å²) in [7, 11) is 0. The van der Waals surface area contributed by atoms with Gasteiger partial charge in [0.1, 0.15) is 0 Å². The molecule has 1 rings (SSSR count). The maximum Gasteiger partial charge on any atom is 0.0877 e. The van der Waals surface area contributed by atoms with Crippen LogP contribution in [-0.4, -0.2) is 21.9 Å². The fraction of sp³-hybridized carbons (Fsp3) is 0.800. The van der Waals surface area contributed by atoms with E-state index in [0.717, 1.165) is 12.0 Å². The van der Waals surface area contributed by atoms with Crippen LogP contribution in [0, 0.1) is 5.92 Å². The highest BCUT2D eigenvalue weighted by atomic mass is 16.3. The lowest BCUT2D eigenvalue weighted by atomic mass is 9.75. The van der Waals surface area contributed by atoms with E-state index in [-0.39, 0.29) is 0 Å². The Morgan fingerprint density at radius 2 is 2.17 bits per heavy atom. The van der Waals surface area contributed by atoms with Gasteiger partial charge in [0.2, 0.25) is 0 Å². The molecule has 2 nitrogen and oxygen atoms in total. The standard InChI is InChI=1S/C10H18O2/c1-7(2)8-4-5-10(3,12)9(11)6-8/h8-9,11-12H,1,4-6H2,2-3H3/t8-,9-,10+/m0/s1. The van der Waals surface area contributed by atoms with E-state index in [4.69, 9.17) is 0 Å². The molecule has 12 heavy (non-hydrogen) atoms. The maximum absolute atomic E-state index is 9.66. The smallest absolute Gasteiger partial charge is 0.0877 e. The molecule has 0 aromatic carbocycles. The van der Waals surface area contributed by atoms with E-state index in [1.807, 2.05) is 6.92 Å². The summed E-state index contributed by atoms with van der Waals surface area (Å²) in [6.45, 7) is 7.55. The van der Waals surface area contributed by atoms with E-state index in [1.54, 1.807) is 6.92 Å². The second-order valence-electron chi connectivity index (χ2n) is 4.19. The van der Waals surface area contributed by atoms with Crippen LogP contribution in [0.5, 0.6) is 0 Å². The van der Waals surface area contributed by atoms with Crippen LogP contribution in [0.4, 0.5) is 0 Å². The van der Waals surface area contributed by atoms with Gasteiger partial charge in [0, 0.05) is 0 Å². The Hall–Kier alpha value is -0.340. The zero-order chi connectivity index (χ0) is 9.35. The van der Waals surface area contributed by atoms with Gasteiger partial charge in [-0.3, -0.25) is 0 Å². The lowest BCUT2D eigenvalue weighted by Gasteiger charge is -2.38. The molecule has 1 saturated carbocycles. The predicted molar refractivity (Wildman–Crippen MR) is 48.8 cm³/mol. The van der Waals surface area contributed by atoms with E-state index >= 15 is 0 Å². The molecule has 2 N–H and O–H groups in total. The van der Waals surface area contributed by atoms with E-state index in [1.165, 1.54) is 0 Å². The first-order valence-electron chi connectivity index (χ1n) is 4.49. The quantitative estimate of drug-likeness (QED) is 0.585. The fourth-order valence-corrected chi connectivity index (χ4v) is 1.72. The second kappa shape index (κ2) is 3.19. The summed E-state index contributed by atoms with van der Waals surface area (Å²) in [4.78, 5) is 0. The molecule has 1 fully saturated rings. The van der Waals surface area contributed by atoms with Gasteiger partial charge in [-0.25, -0.2) is 0 Å². The topological polar surface area (TPSA) is 40.5 Å². The van der Waals surface area contributed by atoms with Gasteiger partial charge in [0.25, 0.3) is 0 Å². The van der Waals surface area contributed by atoms with Gasteiger partial charge in [-0.15, -0.1) is 0 Å². The van der Waals surface area contributed by atoms with Crippen LogP contribution in [-0.2, 0) is 0 Å². The molecular formula is C10H18O2. The number of aliphatic hydroxyl groups excluding tert-OH is 1. The Morgan fingerprint density at radius 3 is 2.58 bits per heavy atom. The van der Waals surface area contributed by atoms with E-state index in [9.17, 15) is 10.2 Å². The average Bonchev–Trinajstić information content (AvgIpc) is 1.94. The minimum Gasteiger partial charge on any atom is -0.390 e. The summed E-state index contributed by atoms with van der Waals surface area (Å²) in [5.74, 6) is 0.389. The second-order valence-corrected chi connectivity index (χ2v) is 4.19. The van der Waals surface area contributed by atoms with Crippen LogP contribution in [0.3, 0.4) is 0 Å². The average molecular weight is 170 g/mol. The number of aliphatic hydroxyl groups is 2. The van der Waals surface area contributed by atoms with E-state index < -0.39 is 11.7 Å².